The summed E-state index contributed by atoms with van der Waals surface area (Å²) in [7, 11) is 0. The van der Waals surface area contributed by atoms with Gasteiger partial charge in [-0.3, -0.25) is 4.79 Å². The number of hydrogen-bond acceptors (Lipinski definition) is 4. The lowest BCUT2D eigenvalue weighted by Crippen LogP contribution is -2.37. The predicted molar refractivity (Wildman–Crippen MR) is 104 cm³/mol. The van der Waals surface area contributed by atoms with Crippen LogP contribution in [0.5, 0.6) is 5.75 Å². The molecule has 2 aromatic rings. The summed E-state index contributed by atoms with van der Waals surface area (Å²) in [6.45, 7) is 0.718. The molecule has 5 nitrogen and oxygen atoms in total. The summed E-state index contributed by atoms with van der Waals surface area (Å²) in [5.41, 5.74) is 8.61. The predicted octanol–water partition coefficient (Wildman–Crippen LogP) is 3.37. The van der Waals surface area contributed by atoms with Gasteiger partial charge < -0.3 is 15.4 Å². The second kappa shape index (κ2) is 9.17. The molecule has 0 aliphatic carbocycles. The Morgan fingerprint density at radius 2 is 2.04 bits per heavy atom. The van der Waals surface area contributed by atoms with Gasteiger partial charge in [0, 0.05) is 29.9 Å². The number of halogens is 2. The Labute approximate surface area is 163 Å². The van der Waals surface area contributed by atoms with Gasteiger partial charge in [0.1, 0.15) is 12.4 Å². The van der Waals surface area contributed by atoms with Crippen molar-refractivity contribution in [2.45, 2.75) is 6.42 Å². The van der Waals surface area contributed by atoms with E-state index in [1.807, 2.05) is 6.07 Å². The Morgan fingerprint density at radius 1 is 1.30 bits per heavy atom. The Balaban J connectivity index is 0.00000261. The van der Waals surface area contributed by atoms with Crippen LogP contribution in [0.25, 0.3) is 0 Å². The average Bonchev–Trinajstić information content (AvgIpc) is 2.69. The number of rotatable bonds is 5. The molecule has 27 heavy (non-hydrogen) atoms. The van der Waals surface area contributed by atoms with Gasteiger partial charge in [0.05, 0.1) is 18.0 Å². The van der Waals surface area contributed by atoms with Gasteiger partial charge in [0.25, 0.3) is 5.91 Å². The molecule has 3 rings (SSSR count). The van der Waals surface area contributed by atoms with Crippen LogP contribution in [0.2, 0.25) is 0 Å². The highest BCUT2D eigenvalue weighted by Crippen LogP contribution is 2.27. The first-order valence-corrected chi connectivity index (χ1v) is 8.22. The molecule has 0 atom stereocenters. The monoisotopic (exact) mass is 387 g/mol. The summed E-state index contributed by atoms with van der Waals surface area (Å²) in [4.78, 5) is 14.5. The van der Waals surface area contributed by atoms with E-state index in [9.17, 15) is 9.18 Å². The van der Waals surface area contributed by atoms with E-state index in [0.717, 1.165) is 11.3 Å². The van der Waals surface area contributed by atoms with Crippen molar-refractivity contribution in [2.75, 3.05) is 24.6 Å². The van der Waals surface area contributed by atoms with Crippen LogP contribution in [0.1, 0.15) is 21.5 Å². The molecule has 0 saturated heterocycles. The molecule has 2 N–H and O–H groups in total. The maximum absolute atomic E-state index is 12.8. The summed E-state index contributed by atoms with van der Waals surface area (Å²) in [6, 6.07) is 14.2. The number of amides is 1. The van der Waals surface area contributed by atoms with E-state index in [2.05, 4.69) is 6.07 Å². The number of nitriles is 1. The summed E-state index contributed by atoms with van der Waals surface area (Å²) in [6.07, 6.45) is 1.14. The first-order chi connectivity index (χ1) is 12.7. The molecule has 0 radical (unpaired) electrons. The largest absolute Gasteiger partial charge is 0.489 e. The fourth-order valence-electron chi connectivity index (χ4n) is 2.83. The first kappa shape index (κ1) is 20.4. The van der Waals surface area contributed by atoms with Gasteiger partial charge in [0.15, 0.2) is 0 Å². The number of fused-ring (bicyclic) bond motifs is 1. The maximum Gasteiger partial charge on any atom is 0.258 e. The number of hydrogen-bond donors (Lipinski definition) is 1. The van der Waals surface area contributed by atoms with Crippen LogP contribution in [-0.4, -0.2) is 25.6 Å². The van der Waals surface area contributed by atoms with Crippen molar-refractivity contribution in [3.63, 3.8) is 0 Å². The quantitative estimate of drug-likeness (QED) is 0.853. The second-order valence-corrected chi connectivity index (χ2v) is 5.94. The molecule has 0 bridgehead atoms. The van der Waals surface area contributed by atoms with Crippen molar-refractivity contribution in [3.05, 3.63) is 71.1 Å². The minimum atomic E-state index is -0.0891. The van der Waals surface area contributed by atoms with Gasteiger partial charge in [-0.1, -0.05) is 0 Å². The van der Waals surface area contributed by atoms with Crippen molar-refractivity contribution in [3.8, 4) is 11.8 Å². The number of anilines is 1. The lowest BCUT2D eigenvalue weighted by Gasteiger charge is -2.29. The van der Waals surface area contributed by atoms with Crippen molar-refractivity contribution in [1.29, 1.82) is 5.26 Å². The lowest BCUT2D eigenvalue weighted by molar-refractivity contribution is 0.0980. The third kappa shape index (κ3) is 4.45. The van der Waals surface area contributed by atoms with Crippen molar-refractivity contribution < 1.29 is 13.9 Å². The summed E-state index contributed by atoms with van der Waals surface area (Å²) in [5, 5.41) is 8.88. The van der Waals surface area contributed by atoms with Crippen LogP contribution in [0, 0.1) is 11.3 Å². The van der Waals surface area contributed by atoms with Crippen LogP contribution < -0.4 is 15.4 Å². The maximum atomic E-state index is 12.8. The molecule has 2 aromatic carbocycles. The molecule has 1 heterocycles. The van der Waals surface area contributed by atoms with E-state index in [1.165, 1.54) is 0 Å². The van der Waals surface area contributed by atoms with Crippen molar-refractivity contribution in [1.82, 2.24) is 0 Å². The number of benzene rings is 2. The zero-order valence-electron chi connectivity index (χ0n) is 14.5. The third-order valence-corrected chi connectivity index (χ3v) is 4.31. The van der Waals surface area contributed by atoms with Gasteiger partial charge in [-0.2, -0.15) is 5.26 Å². The van der Waals surface area contributed by atoms with Crippen molar-refractivity contribution >= 4 is 24.0 Å². The zero-order valence-corrected chi connectivity index (χ0v) is 15.3. The summed E-state index contributed by atoms with van der Waals surface area (Å²) >= 11 is 0. The van der Waals surface area contributed by atoms with E-state index in [0.29, 0.717) is 41.7 Å². The molecule has 140 valence electrons. The van der Waals surface area contributed by atoms with E-state index in [1.54, 1.807) is 41.3 Å². The van der Waals surface area contributed by atoms with Crippen LogP contribution in [0.3, 0.4) is 0 Å². The van der Waals surface area contributed by atoms with E-state index in [4.69, 9.17) is 15.7 Å². The Kier molecular flexibility index (Phi) is 6.94. The Hall–Kier alpha value is -2.88. The topological polar surface area (TPSA) is 79.3 Å². The molecular weight excluding hydrogens is 369 g/mol. The fourth-order valence-corrected chi connectivity index (χ4v) is 2.83. The smallest absolute Gasteiger partial charge is 0.258 e. The summed E-state index contributed by atoms with van der Waals surface area (Å²) in [5.74, 6) is 0.491. The molecule has 1 aliphatic heterocycles. The van der Waals surface area contributed by atoms with Crippen LogP contribution in [0.4, 0.5) is 10.1 Å². The highest BCUT2D eigenvalue weighted by atomic mass is 35.5. The minimum absolute atomic E-state index is 0. The number of carbonyl (C=O) groups is 1. The molecule has 0 fully saturated rings. The number of ether oxygens (including phenoxy) is 1. The number of nitrogens with zero attached hydrogens (tertiary/aromatic N) is 2. The SMILES string of the molecule is Cl.N#Cc1ccc(N2CCc3cc(OC/C(=C/F)CN)ccc3C2=O)cc1. The van der Waals surface area contributed by atoms with Gasteiger partial charge in [-0.05, 0) is 54.4 Å². The van der Waals surface area contributed by atoms with E-state index in [-0.39, 0.29) is 31.5 Å². The van der Waals surface area contributed by atoms with Gasteiger partial charge in [0.2, 0.25) is 0 Å². The molecular formula is C20H19ClFN3O2. The standard InChI is InChI=1S/C20H18FN3O2.ClH/c21-10-15(12-23)13-26-18-5-6-19-16(9-18)7-8-24(20(19)25)17-3-1-14(11-22)2-4-17;/h1-6,9-10H,7-8,12-13,23H2;1H/b15-10+;. The molecule has 0 saturated carbocycles. The molecule has 1 amide bonds. The highest BCUT2D eigenvalue weighted by Gasteiger charge is 2.25. The van der Waals surface area contributed by atoms with Gasteiger partial charge >= 0.3 is 0 Å². The molecule has 0 unspecified atom stereocenters. The number of nitrogens with two attached hydrogens (primary N) is 1. The molecule has 7 heteroatoms. The lowest BCUT2D eigenvalue weighted by atomic mass is 9.98. The highest BCUT2D eigenvalue weighted by molar-refractivity contribution is 6.08. The van der Waals surface area contributed by atoms with Gasteiger partial charge in [-0.15, -0.1) is 12.4 Å². The van der Waals surface area contributed by atoms with Gasteiger partial charge in [-0.25, -0.2) is 4.39 Å². The Bertz CT molecular complexity index is 891. The van der Waals surface area contributed by atoms with Crippen LogP contribution >= 0.6 is 12.4 Å². The van der Waals surface area contributed by atoms with Crippen LogP contribution in [0.15, 0.2) is 54.4 Å². The van der Waals surface area contributed by atoms with Crippen molar-refractivity contribution in [2.24, 2.45) is 5.73 Å². The second-order valence-electron chi connectivity index (χ2n) is 5.94. The minimum Gasteiger partial charge on any atom is -0.489 e. The van der Waals surface area contributed by atoms with E-state index >= 15 is 0 Å². The molecule has 1 aliphatic rings. The third-order valence-electron chi connectivity index (χ3n) is 4.31. The fraction of sp³-hybridized carbons (Fsp3) is 0.200. The number of carbonyl (C=O) groups excluding carboxylic acids is 1. The normalized spacial score (nSPS) is 13.4. The molecule has 0 aromatic heterocycles. The Morgan fingerprint density at radius 3 is 2.67 bits per heavy atom. The van der Waals surface area contributed by atoms with E-state index < -0.39 is 0 Å². The zero-order chi connectivity index (χ0) is 18.5. The first-order valence-electron chi connectivity index (χ1n) is 8.22. The summed E-state index contributed by atoms with van der Waals surface area (Å²) < 4.78 is 18.1. The van der Waals surface area contributed by atoms with Crippen LogP contribution in [-0.2, 0) is 6.42 Å². The molecule has 0 spiro atoms. The average molecular weight is 388 g/mol.